The highest BCUT2D eigenvalue weighted by molar-refractivity contribution is 7.89. The molecular formula is C29H33FN4O4S. The van der Waals surface area contributed by atoms with Crippen LogP contribution in [0.2, 0.25) is 0 Å². The molecule has 1 saturated heterocycles. The van der Waals surface area contributed by atoms with Crippen LogP contribution in [0.4, 0.5) is 4.39 Å². The van der Waals surface area contributed by atoms with E-state index in [4.69, 9.17) is 0 Å². The highest BCUT2D eigenvalue weighted by atomic mass is 32.2. The molecule has 2 amide bonds. The summed E-state index contributed by atoms with van der Waals surface area (Å²) in [6.07, 6.45) is 3.88. The van der Waals surface area contributed by atoms with Crippen LogP contribution in [0, 0.1) is 5.82 Å². The van der Waals surface area contributed by atoms with E-state index in [0.717, 1.165) is 18.4 Å². The minimum Gasteiger partial charge on any atom is -0.349 e. The lowest BCUT2D eigenvalue weighted by Gasteiger charge is -2.29. The first-order valence-corrected chi connectivity index (χ1v) is 14.5. The number of sulfonamides is 1. The van der Waals surface area contributed by atoms with Gasteiger partial charge >= 0.3 is 0 Å². The summed E-state index contributed by atoms with van der Waals surface area (Å²) in [4.78, 5) is 32.3. The maximum atomic E-state index is 13.4. The van der Waals surface area contributed by atoms with Gasteiger partial charge in [-0.15, -0.1) is 0 Å². The van der Waals surface area contributed by atoms with Crippen LogP contribution in [0.15, 0.2) is 77.8 Å². The Morgan fingerprint density at radius 3 is 2.31 bits per heavy atom. The number of rotatable bonds is 11. The van der Waals surface area contributed by atoms with Gasteiger partial charge in [0.25, 0.3) is 0 Å². The number of nitrogens with one attached hydrogen (secondary N) is 1. The summed E-state index contributed by atoms with van der Waals surface area (Å²) >= 11 is 0. The SMILES string of the molecule is C[C@H](C(=O)NCc1ccccn1)N(Cc1ccc(F)cc1)C(=O)CCc1ccc(S(=O)(=O)N2CCCC2)cc1. The van der Waals surface area contributed by atoms with Gasteiger partial charge in [-0.1, -0.05) is 30.3 Å². The molecule has 0 saturated carbocycles. The number of hydrogen-bond acceptors (Lipinski definition) is 5. The molecule has 0 radical (unpaired) electrons. The number of aryl methyl sites for hydroxylation is 1. The van der Waals surface area contributed by atoms with Crippen molar-refractivity contribution >= 4 is 21.8 Å². The van der Waals surface area contributed by atoms with Crippen molar-refractivity contribution in [1.82, 2.24) is 19.5 Å². The second-order valence-corrected chi connectivity index (χ2v) is 11.6. The van der Waals surface area contributed by atoms with Gasteiger partial charge in [-0.3, -0.25) is 14.6 Å². The van der Waals surface area contributed by atoms with Crippen molar-refractivity contribution in [2.45, 2.75) is 56.6 Å². The fourth-order valence-electron chi connectivity index (χ4n) is 4.50. The van der Waals surface area contributed by atoms with Gasteiger partial charge in [-0.2, -0.15) is 4.31 Å². The molecular weight excluding hydrogens is 519 g/mol. The minimum absolute atomic E-state index is 0.122. The Labute approximate surface area is 228 Å². The number of benzene rings is 2. The standard InChI is InChI=1S/C29H33FN4O4S/c1-22(29(36)32-20-26-6-2-3-17-31-26)34(21-24-7-12-25(30)13-8-24)28(35)16-11-23-9-14-27(15-10-23)39(37,38)33-18-4-5-19-33/h2-3,6-10,12-15,17,22H,4-5,11,16,18-21H2,1H3,(H,32,36)/t22-/m1/s1. The van der Waals surface area contributed by atoms with Crippen LogP contribution >= 0.6 is 0 Å². The van der Waals surface area contributed by atoms with E-state index in [0.29, 0.717) is 30.8 Å². The number of pyridine rings is 1. The van der Waals surface area contributed by atoms with E-state index in [1.165, 1.54) is 21.3 Å². The molecule has 4 rings (SSSR count). The van der Waals surface area contributed by atoms with E-state index < -0.39 is 16.1 Å². The highest BCUT2D eigenvalue weighted by Gasteiger charge is 2.28. The molecule has 39 heavy (non-hydrogen) atoms. The van der Waals surface area contributed by atoms with E-state index in [9.17, 15) is 22.4 Å². The van der Waals surface area contributed by atoms with E-state index in [-0.39, 0.29) is 42.0 Å². The van der Waals surface area contributed by atoms with Gasteiger partial charge in [-0.25, -0.2) is 12.8 Å². The molecule has 1 atom stereocenters. The van der Waals surface area contributed by atoms with Crippen molar-refractivity contribution < 1.29 is 22.4 Å². The van der Waals surface area contributed by atoms with Gasteiger partial charge in [0, 0.05) is 32.3 Å². The van der Waals surface area contributed by atoms with Crippen LogP contribution in [-0.2, 0) is 39.1 Å². The third-order valence-electron chi connectivity index (χ3n) is 6.86. The predicted octanol–water partition coefficient (Wildman–Crippen LogP) is 3.67. The van der Waals surface area contributed by atoms with Crippen molar-refractivity contribution in [3.63, 3.8) is 0 Å². The number of halogens is 1. The largest absolute Gasteiger partial charge is 0.349 e. The van der Waals surface area contributed by atoms with Crippen molar-refractivity contribution in [2.24, 2.45) is 0 Å². The quantitative estimate of drug-likeness (QED) is 0.391. The number of nitrogens with zero attached hydrogens (tertiary/aromatic N) is 3. The monoisotopic (exact) mass is 552 g/mol. The molecule has 1 aliphatic heterocycles. The molecule has 0 bridgehead atoms. The van der Waals surface area contributed by atoms with Crippen LogP contribution in [0.25, 0.3) is 0 Å². The second-order valence-electron chi connectivity index (χ2n) is 9.62. The molecule has 2 heterocycles. The van der Waals surface area contributed by atoms with Gasteiger partial charge in [0.2, 0.25) is 21.8 Å². The van der Waals surface area contributed by atoms with Crippen molar-refractivity contribution in [1.29, 1.82) is 0 Å². The molecule has 0 spiro atoms. The average molecular weight is 553 g/mol. The molecule has 206 valence electrons. The Morgan fingerprint density at radius 2 is 1.67 bits per heavy atom. The minimum atomic E-state index is -3.50. The first-order valence-electron chi connectivity index (χ1n) is 13.0. The molecule has 1 aromatic heterocycles. The van der Waals surface area contributed by atoms with Gasteiger partial charge in [-0.05, 0) is 73.7 Å². The predicted molar refractivity (Wildman–Crippen MR) is 145 cm³/mol. The molecule has 2 aromatic carbocycles. The lowest BCUT2D eigenvalue weighted by atomic mass is 10.1. The van der Waals surface area contributed by atoms with Gasteiger partial charge in [0.1, 0.15) is 11.9 Å². The van der Waals surface area contributed by atoms with Crippen LogP contribution in [-0.4, -0.2) is 53.6 Å². The van der Waals surface area contributed by atoms with Crippen LogP contribution in [0.3, 0.4) is 0 Å². The van der Waals surface area contributed by atoms with E-state index in [2.05, 4.69) is 10.3 Å². The van der Waals surface area contributed by atoms with Crippen molar-refractivity contribution in [3.8, 4) is 0 Å². The fraction of sp³-hybridized carbons (Fsp3) is 0.345. The van der Waals surface area contributed by atoms with E-state index in [1.807, 2.05) is 6.07 Å². The van der Waals surface area contributed by atoms with Crippen molar-refractivity contribution in [2.75, 3.05) is 13.1 Å². The van der Waals surface area contributed by atoms with E-state index in [1.54, 1.807) is 61.7 Å². The third kappa shape index (κ3) is 7.48. The summed E-state index contributed by atoms with van der Waals surface area (Å²) in [6, 6.07) is 17.1. The molecule has 1 fully saturated rings. The molecule has 0 aliphatic carbocycles. The van der Waals surface area contributed by atoms with Gasteiger partial charge in [0.15, 0.2) is 0 Å². The Kier molecular flexibility index (Phi) is 9.42. The molecule has 1 aliphatic rings. The van der Waals surface area contributed by atoms with Crippen LogP contribution in [0.1, 0.15) is 43.0 Å². The van der Waals surface area contributed by atoms with Crippen LogP contribution < -0.4 is 5.32 Å². The maximum Gasteiger partial charge on any atom is 0.243 e. The normalized spacial score (nSPS) is 14.6. The first kappa shape index (κ1) is 28.4. The van der Waals surface area contributed by atoms with Gasteiger partial charge < -0.3 is 10.2 Å². The third-order valence-corrected chi connectivity index (χ3v) is 8.77. The number of amides is 2. The molecule has 0 unspecified atom stereocenters. The smallest absolute Gasteiger partial charge is 0.243 e. The van der Waals surface area contributed by atoms with Crippen LogP contribution in [0.5, 0.6) is 0 Å². The number of carbonyl (C=O) groups is 2. The second kappa shape index (κ2) is 12.9. The molecule has 1 N–H and O–H groups in total. The maximum absolute atomic E-state index is 13.4. The summed E-state index contributed by atoms with van der Waals surface area (Å²) in [5.74, 6) is -0.950. The average Bonchev–Trinajstić information content (AvgIpc) is 3.51. The summed E-state index contributed by atoms with van der Waals surface area (Å²) in [5.41, 5.74) is 2.22. The first-order chi connectivity index (χ1) is 18.7. The fourth-order valence-corrected chi connectivity index (χ4v) is 6.01. The van der Waals surface area contributed by atoms with Gasteiger partial charge in [0.05, 0.1) is 17.1 Å². The zero-order valence-corrected chi connectivity index (χ0v) is 22.7. The lowest BCUT2D eigenvalue weighted by Crippen LogP contribution is -2.47. The number of aromatic nitrogens is 1. The Morgan fingerprint density at radius 1 is 1.00 bits per heavy atom. The summed E-state index contributed by atoms with van der Waals surface area (Å²) in [6.45, 7) is 3.11. The zero-order chi connectivity index (χ0) is 27.8. The Bertz CT molecular complexity index is 1360. The van der Waals surface area contributed by atoms with Crippen molar-refractivity contribution in [3.05, 3.63) is 95.6 Å². The number of hydrogen-bond donors (Lipinski definition) is 1. The summed E-state index contributed by atoms with van der Waals surface area (Å²) in [7, 11) is -3.50. The molecule has 3 aromatic rings. The summed E-state index contributed by atoms with van der Waals surface area (Å²) < 4.78 is 40.5. The highest BCUT2D eigenvalue weighted by Crippen LogP contribution is 2.22. The Balaban J connectivity index is 1.42. The lowest BCUT2D eigenvalue weighted by molar-refractivity contribution is -0.140. The topological polar surface area (TPSA) is 99.7 Å². The molecule has 10 heteroatoms. The number of carbonyl (C=O) groups excluding carboxylic acids is 2. The van der Waals surface area contributed by atoms with E-state index >= 15 is 0 Å². The molecule has 8 nitrogen and oxygen atoms in total. The zero-order valence-electron chi connectivity index (χ0n) is 21.9. The Hall–Kier alpha value is -3.63. The summed E-state index contributed by atoms with van der Waals surface area (Å²) in [5, 5.41) is 2.83.